The van der Waals surface area contributed by atoms with Gasteiger partial charge < -0.3 is 10.7 Å². The molecule has 1 saturated carbocycles. The molecule has 1 aromatic heterocycles. The molecule has 1 heterocycles. The van der Waals surface area contributed by atoms with E-state index in [-0.39, 0.29) is 11.1 Å². The highest BCUT2D eigenvalue weighted by Gasteiger charge is 2.38. The highest BCUT2D eigenvalue weighted by atomic mass is 32.2. The van der Waals surface area contributed by atoms with E-state index in [0.717, 1.165) is 12.8 Å². The van der Waals surface area contributed by atoms with E-state index < -0.39 is 10.0 Å². The van der Waals surface area contributed by atoms with Crippen molar-refractivity contribution in [1.29, 1.82) is 0 Å². The van der Waals surface area contributed by atoms with Gasteiger partial charge in [-0.15, -0.1) is 0 Å². The number of aryl methyl sites for hydroxylation is 1. The third kappa shape index (κ3) is 2.88. The monoisotopic (exact) mass is 288 g/mol. The predicted molar refractivity (Wildman–Crippen MR) is 71.6 cm³/mol. The van der Waals surface area contributed by atoms with Crippen LogP contribution in [0.1, 0.15) is 25.1 Å². The van der Waals surface area contributed by atoms with Crippen molar-refractivity contribution in [2.24, 2.45) is 5.73 Å². The minimum atomic E-state index is -3.51. The standard InChI is InChI=1S/C10H16N4O2S2/c1-7-12-6-10(13-7)18(15,16)14(8-2-3-8)5-4-9(11)17/h6,8H,2-5H2,1H3,(H2,11,17)(H,12,13). The molecule has 0 unspecified atom stereocenters. The van der Waals surface area contributed by atoms with E-state index in [4.69, 9.17) is 18.0 Å². The molecule has 0 aromatic carbocycles. The Morgan fingerprint density at radius 1 is 1.67 bits per heavy atom. The SMILES string of the molecule is Cc1ncc(S(=O)(=O)N(CCC(N)=S)C2CC2)[nH]1. The topological polar surface area (TPSA) is 92.1 Å². The van der Waals surface area contributed by atoms with Gasteiger partial charge in [-0.05, 0) is 19.8 Å². The first-order valence-electron chi connectivity index (χ1n) is 5.73. The largest absolute Gasteiger partial charge is 0.393 e. The normalized spacial score (nSPS) is 16.1. The molecule has 100 valence electrons. The van der Waals surface area contributed by atoms with Gasteiger partial charge >= 0.3 is 0 Å². The summed E-state index contributed by atoms with van der Waals surface area (Å²) in [7, 11) is -3.51. The molecule has 8 heteroatoms. The quantitative estimate of drug-likeness (QED) is 0.746. The smallest absolute Gasteiger partial charge is 0.260 e. The second kappa shape index (κ2) is 4.94. The van der Waals surface area contributed by atoms with Crippen LogP contribution in [-0.4, -0.2) is 40.3 Å². The molecule has 2 rings (SSSR count). The number of hydrogen-bond donors (Lipinski definition) is 2. The lowest BCUT2D eigenvalue weighted by atomic mass is 10.4. The number of sulfonamides is 1. The molecule has 0 amide bonds. The van der Waals surface area contributed by atoms with Crippen LogP contribution in [0.4, 0.5) is 0 Å². The van der Waals surface area contributed by atoms with Crippen molar-refractivity contribution in [2.75, 3.05) is 6.54 Å². The van der Waals surface area contributed by atoms with Crippen LogP contribution in [0.2, 0.25) is 0 Å². The lowest BCUT2D eigenvalue weighted by Gasteiger charge is -2.20. The summed E-state index contributed by atoms with van der Waals surface area (Å²) < 4.78 is 26.3. The molecule has 0 spiro atoms. The van der Waals surface area contributed by atoms with Gasteiger partial charge in [0.1, 0.15) is 5.82 Å². The molecule has 1 aromatic rings. The summed E-state index contributed by atoms with van der Waals surface area (Å²) in [5, 5.41) is 0.134. The van der Waals surface area contributed by atoms with Gasteiger partial charge in [-0.2, -0.15) is 4.31 Å². The highest BCUT2D eigenvalue weighted by molar-refractivity contribution is 7.89. The van der Waals surface area contributed by atoms with Gasteiger partial charge in [0.25, 0.3) is 10.0 Å². The molecular formula is C10H16N4O2S2. The minimum absolute atomic E-state index is 0.0768. The van der Waals surface area contributed by atoms with E-state index in [2.05, 4.69) is 9.97 Å². The maximum absolute atomic E-state index is 12.4. The Balaban J connectivity index is 2.21. The Labute approximate surface area is 112 Å². The molecule has 1 fully saturated rings. The van der Waals surface area contributed by atoms with Gasteiger partial charge in [-0.3, -0.25) is 0 Å². The summed E-state index contributed by atoms with van der Waals surface area (Å²) in [6, 6.07) is 0.0768. The van der Waals surface area contributed by atoms with Gasteiger partial charge in [-0.1, -0.05) is 12.2 Å². The summed E-state index contributed by atoms with van der Waals surface area (Å²) in [5.41, 5.74) is 5.44. The van der Waals surface area contributed by atoms with Crippen LogP contribution in [0.3, 0.4) is 0 Å². The first-order chi connectivity index (χ1) is 8.41. The van der Waals surface area contributed by atoms with Crippen molar-refractivity contribution < 1.29 is 8.42 Å². The third-order valence-corrected chi connectivity index (χ3v) is 4.86. The fourth-order valence-corrected chi connectivity index (χ4v) is 3.48. The predicted octanol–water partition coefficient (Wildman–Crippen LogP) is 0.547. The Morgan fingerprint density at radius 2 is 2.33 bits per heavy atom. The second-order valence-electron chi connectivity index (χ2n) is 4.40. The van der Waals surface area contributed by atoms with Crippen LogP contribution in [0.25, 0.3) is 0 Å². The molecule has 0 atom stereocenters. The number of imidazole rings is 1. The van der Waals surface area contributed by atoms with E-state index in [1.807, 2.05) is 0 Å². The molecule has 0 saturated heterocycles. The summed E-state index contributed by atoms with van der Waals surface area (Å²) in [6.45, 7) is 2.05. The summed E-state index contributed by atoms with van der Waals surface area (Å²) in [5.74, 6) is 0.582. The molecule has 1 aliphatic carbocycles. The average molecular weight is 288 g/mol. The summed E-state index contributed by atoms with van der Waals surface area (Å²) in [6.07, 6.45) is 3.53. The van der Waals surface area contributed by atoms with Gasteiger partial charge in [0.2, 0.25) is 0 Å². The Kier molecular flexibility index (Phi) is 3.69. The summed E-state index contributed by atoms with van der Waals surface area (Å²) >= 11 is 4.80. The molecule has 0 radical (unpaired) electrons. The van der Waals surface area contributed by atoms with Crippen molar-refractivity contribution in [3.63, 3.8) is 0 Å². The number of thiocarbonyl (C=S) groups is 1. The van der Waals surface area contributed by atoms with E-state index >= 15 is 0 Å². The van der Waals surface area contributed by atoms with E-state index in [9.17, 15) is 8.42 Å². The van der Waals surface area contributed by atoms with E-state index in [1.165, 1.54) is 10.5 Å². The number of aromatic nitrogens is 2. The number of nitrogens with zero attached hydrogens (tertiary/aromatic N) is 2. The van der Waals surface area contributed by atoms with E-state index in [1.54, 1.807) is 6.92 Å². The molecule has 3 N–H and O–H groups in total. The number of nitrogens with one attached hydrogen (secondary N) is 1. The first-order valence-corrected chi connectivity index (χ1v) is 7.58. The van der Waals surface area contributed by atoms with Crippen molar-refractivity contribution in [3.05, 3.63) is 12.0 Å². The molecule has 0 aliphatic heterocycles. The molecule has 18 heavy (non-hydrogen) atoms. The van der Waals surface area contributed by atoms with Crippen LogP contribution in [-0.2, 0) is 10.0 Å². The zero-order chi connectivity index (χ0) is 13.3. The number of H-pyrrole nitrogens is 1. The molecule has 0 bridgehead atoms. The lowest BCUT2D eigenvalue weighted by molar-refractivity contribution is 0.411. The van der Waals surface area contributed by atoms with Gasteiger partial charge in [0.15, 0.2) is 5.03 Å². The summed E-state index contributed by atoms with van der Waals surface area (Å²) in [4.78, 5) is 7.02. The van der Waals surface area contributed by atoms with Crippen molar-refractivity contribution in [2.45, 2.75) is 37.3 Å². The Hall–Kier alpha value is -0.990. The number of rotatable bonds is 6. The Morgan fingerprint density at radius 3 is 2.78 bits per heavy atom. The molecule has 1 aliphatic rings. The maximum atomic E-state index is 12.4. The van der Waals surface area contributed by atoms with Crippen molar-refractivity contribution in [3.8, 4) is 0 Å². The average Bonchev–Trinajstić information content (AvgIpc) is 2.99. The zero-order valence-corrected chi connectivity index (χ0v) is 11.7. The van der Waals surface area contributed by atoms with Gasteiger partial charge in [0.05, 0.1) is 11.2 Å². The van der Waals surface area contributed by atoms with Crippen LogP contribution in [0.5, 0.6) is 0 Å². The fraction of sp³-hybridized carbons (Fsp3) is 0.600. The van der Waals surface area contributed by atoms with Gasteiger partial charge in [0, 0.05) is 19.0 Å². The number of hydrogen-bond acceptors (Lipinski definition) is 4. The van der Waals surface area contributed by atoms with Crippen molar-refractivity contribution in [1.82, 2.24) is 14.3 Å². The van der Waals surface area contributed by atoms with Crippen LogP contribution >= 0.6 is 12.2 Å². The Bertz CT molecular complexity index is 548. The second-order valence-corrected chi connectivity index (χ2v) is 6.78. The molecule has 6 nitrogen and oxygen atoms in total. The van der Waals surface area contributed by atoms with Gasteiger partial charge in [-0.25, -0.2) is 13.4 Å². The highest BCUT2D eigenvalue weighted by Crippen LogP contribution is 2.31. The van der Waals surface area contributed by atoms with Crippen molar-refractivity contribution >= 4 is 27.2 Å². The van der Waals surface area contributed by atoms with Crippen LogP contribution in [0.15, 0.2) is 11.2 Å². The van der Waals surface area contributed by atoms with Crippen LogP contribution in [0, 0.1) is 6.92 Å². The minimum Gasteiger partial charge on any atom is -0.393 e. The lowest BCUT2D eigenvalue weighted by Crippen LogP contribution is -2.35. The fourth-order valence-electron chi connectivity index (χ4n) is 1.74. The third-order valence-electron chi connectivity index (χ3n) is 2.80. The number of aromatic amines is 1. The van der Waals surface area contributed by atoms with E-state index in [0.29, 0.717) is 23.8 Å². The first kappa shape index (κ1) is 13.4. The molecular weight excluding hydrogens is 272 g/mol. The number of nitrogens with two attached hydrogens (primary N) is 1. The zero-order valence-electron chi connectivity index (χ0n) is 10.1. The maximum Gasteiger partial charge on any atom is 0.260 e. The van der Waals surface area contributed by atoms with Crippen LogP contribution < -0.4 is 5.73 Å².